The number of hydrogen-bond acceptors (Lipinski definition) is 7. The highest BCUT2D eigenvalue weighted by Crippen LogP contribution is 2.35. The number of benzene rings is 1. The largest absolute Gasteiger partial charge is 0.480 e. The zero-order chi connectivity index (χ0) is 19.7. The number of nitrogens with one attached hydrogen (secondary N) is 2. The van der Waals surface area contributed by atoms with Crippen molar-refractivity contribution < 1.29 is 14.3 Å². The summed E-state index contributed by atoms with van der Waals surface area (Å²) in [5.41, 5.74) is 4.10. The minimum absolute atomic E-state index is 0.144. The van der Waals surface area contributed by atoms with E-state index in [9.17, 15) is 4.79 Å². The lowest BCUT2D eigenvalue weighted by molar-refractivity contribution is 0.103. The highest BCUT2D eigenvalue weighted by molar-refractivity contribution is 7.20. The first kappa shape index (κ1) is 18.8. The van der Waals surface area contributed by atoms with Crippen molar-refractivity contribution in [2.75, 3.05) is 26.1 Å². The number of carbonyl (C=O) groups is 1. The number of ether oxygens (including phenoxy) is 2. The van der Waals surface area contributed by atoms with E-state index >= 15 is 0 Å². The molecular formula is C20H22N4O3S. The summed E-state index contributed by atoms with van der Waals surface area (Å²) in [4.78, 5) is 23.3. The Hall–Kier alpha value is -2.55. The van der Waals surface area contributed by atoms with Crippen molar-refractivity contribution in [3.05, 3.63) is 45.6 Å². The van der Waals surface area contributed by atoms with Gasteiger partial charge >= 0.3 is 0 Å². The first-order valence-corrected chi connectivity index (χ1v) is 9.89. The minimum Gasteiger partial charge on any atom is -0.480 e. The molecule has 1 amide bonds. The summed E-state index contributed by atoms with van der Waals surface area (Å²) in [6.07, 6.45) is 0.968. The molecule has 2 aromatic heterocycles. The number of anilines is 1. The molecule has 0 fully saturated rings. The Morgan fingerprint density at radius 2 is 2.18 bits per heavy atom. The van der Waals surface area contributed by atoms with Gasteiger partial charge in [-0.2, -0.15) is 4.98 Å². The van der Waals surface area contributed by atoms with Crippen molar-refractivity contribution in [1.82, 2.24) is 15.3 Å². The van der Waals surface area contributed by atoms with Crippen LogP contribution in [0.5, 0.6) is 5.88 Å². The van der Waals surface area contributed by atoms with Gasteiger partial charge in [0.15, 0.2) is 5.82 Å². The summed E-state index contributed by atoms with van der Waals surface area (Å²) in [5, 5.41) is 7.22. The van der Waals surface area contributed by atoms with E-state index in [2.05, 4.69) is 26.7 Å². The molecule has 3 aromatic rings. The number of nitrogens with zero attached hydrogens (tertiary/aromatic N) is 2. The van der Waals surface area contributed by atoms with E-state index in [1.54, 1.807) is 14.2 Å². The molecule has 3 heterocycles. The molecule has 28 heavy (non-hydrogen) atoms. The number of carbonyl (C=O) groups excluding carboxylic acids is 1. The van der Waals surface area contributed by atoms with E-state index in [0.717, 1.165) is 46.5 Å². The van der Waals surface area contributed by atoms with Crippen molar-refractivity contribution in [2.45, 2.75) is 26.5 Å². The van der Waals surface area contributed by atoms with E-state index in [1.165, 1.54) is 16.9 Å². The average molecular weight is 398 g/mol. The van der Waals surface area contributed by atoms with Crippen LogP contribution < -0.4 is 15.4 Å². The molecule has 1 aliphatic heterocycles. The first-order chi connectivity index (χ1) is 13.6. The normalized spacial score (nSPS) is 13.4. The predicted molar refractivity (Wildman–Crippen MR) is 109 cm³/mol. The second-order valence-electron chi connectivity index (χ2n) is 6.64. The van der Waals surface area contributed by atoms with Crippen LogP contribution in [0.15, 0.2) is 18.2 Å². The second kappa shape index (κ2) is 7.83. The molecule has 7 nitrogen and oxygen atoms in total. The molecule has 0 radical (unpaired) electrons. The number of thiophene rings is 1. The summed E-state index contributed by atoms with van der Waals surface area (Å²) in [7, 11) is 3.16. The minimum atomic E-state index is -0.144. The monoisotopic (exact) mass is 398 g/mol. The van der Waals surface area contributed by atoms with Crippen LogP contribution in [0.4, 0.5) is 5.69 Å². The molecular weight excluding hydrogens is 376 g/mol. The van der Waals surface area contributed by atoms with Gasteiger partial charge in [0.25, 0.3) is 5.91 Å². The van der Waals surface area contributed by atoms with Crippen molar-refractivity contribution in [3.63, 3.8) is 0 Å². The van der Waals surface area contributed by atoms with E-state index in [-0.39, 0.29) is 12.5 Å². The molecule has 0 unspecified atom stereocenters. The highest BCUT2D eigenvalue weighted by Gasteiger charge is 2.22. The molecule has 0 saturated carbocycles. The molecule has 0 saturated heterocycles. The summed E-state index contributed by atoms with van der Waals surface area (Å²) in [6, 6.07) is 6.06. The van der Waals surface area contributed by atoms with Gasteiger partial charge in [-0.15, -0.1) is 11.3 Å². The van der Waals surface area contributed by atoms with Gasteiger partial charge in [0.2, 0.25) is 5.88 Å². The van der Waals surface area contributed by atoms with Crippen LogP contribution in [0.2, 0.25) is 0 Å². The smallest absolute Gasteiger partial charge is 0.266 e. The quantitative estimate of drug-likeness (QED) is 0.687. The Kier molecular flexibility index (Phi) is 5.25. The number of aryl methyl sites for hydroxylation is 1. The van der Waals surface area contributed by atoms with Crippen LogP contribution in [0.3, 0.4) is 0 Å². The van der Waals surface area contributed by atoms with Crippen LogP contribution in [0, 0.1) is 6.92 Å². The van der Waals surface area contributed by atoms with Crippen LogP contribution in [-0.2, 0) is 24.3 Å². The number of methoxy groups -OCH3 is 2. The third-order valence-electron chi connectivity index (χ3n) is 4.87. The number of rotatable bonds is 5. The number of amides is 1. The molecule has 1 aromatic carbocycles. The van der Waals surface area contributed by atoms with Gasteiger partial charge in [-0.1, -0.05) is 12.1 Å². The molecule has 0 spiro atoms. The van der Waals surface area contributed by atoms with Crippen molar-refractivity contribution in [2.24, 2.45) is 0 Å². The SMILES string of the molecule is COCc1nc(OC)c2c(C)c(C(=O)Nc3cccc4c3CNCC4)sc2n1. The Bertz CT molecular complexity index is 1050. The summed E-state index contributed by atoms with van der Waals surface area (Å²) < 4.78 is 10.6. The van der Waals surface area contributed by atoms with E-state index in [0.29, 0.717) is 16.6 Å². The van der Waals surface area contributed by atoms with Crippen LogP contribution in [0.1, 0.15) is 32.2 Å². The highest BCUT2D eigenvalue weighted by atomic mass is 32.1. The lowest BCUT2D eigenvalue weighted by Crippen LogP contribution is -2.25. The number of aromatic nitrogens is 2. The molecule has 0 aliphatic carbocycles. The molecule has 0 bridgehead atoms. The van der Waals surface area contributed by atoms with Crippen LogP contribution in [0.25, 0.3) is 10.2 Å². The predicted octanol–water partition coefficient (Wildman–Crippen LogP) is 3.05. The lowest BCUT2D eigenvalue weighted by Gasteiger charge is -2.20. The fourth-order valence-electron chi connectivity index (χ4n) is 3.51. The third-order valence-corrected chi connectivity index (χ3v) is 6.05. The number of fused-ring (bicyclic) bond motifs is 2. The van der Waals surface area contributed by atoms with Crippen molar-refractivity contribution in [1.29, 1.82) is 0 Å². The average Bonchev–Trinajstić information content (AvgIpc) is 3.04. The van der Waals surface area contributed by atoms with Crippen molar-refractivity contribution >= 4 is 33.1 Å². The van der Waals surface area contributed by atoms with Gasteiger partial charge in [-0.05, 0) is 42.6 Å². The van der Waals surface area contributed by atoms with Gasteiger partial charge in [-0.25, -0.2) is 4.98 Å². The van der Waals surface area contributed by atoms with Crippen LogP contribution in [-0.4, -0.2) is 36.6 Å². The fourth-order valence-corrected chi connectivity index (χ4v) is 4.60. The summed E-state index contributed by atoms with van der Waals surface area (Å²) in [6.45, 7) is 3.91. The van der Waals surface area contributed by atoms with Gasteiger partial charge in [0.05, 0.1) is 17.4 Å². The standard InChI is InChI=1S/C20H22N4O3S/c1-11-16-19(27-3)23-15(10-26-2)24-20(16)28-17(11)18(25)22-14-6-4-5-12-7-8-21-9-13(12)14/h4-6,21H,7-10H2,1-3H3,(H,22,25). The topological polar surface area (TPSA) is 85.4 Å². The zero-order valence-electron chi connectivity index (χ0n) is 16.1. The lowest BCUT2D eigenvalue weighted by atomic mass is 9.99. The molecule has 8 heteroatoms. The fraction of sp³-hybridized carbons (Fsp3) is 0.350. The Morgan fingerprint density at radius 1 is 1.32 bits per heavy atom. The van der Waals surface area contributed by atoms with Gasteiger partial charge in [-0.3, -0.25) is 4.79 Å². The zero-order valence-corrected chi connectivity index (χ0v) is 16.9. The molecule has 2 N–H and O–H groups in total. The first-order valence-electron chi connectivity index (χ1n) is 9.08. The van der Waals surface area contributed by atoms with Gasteiger partial charge in [0, 0.05) is 19.3 Å². The maximum absolute atomic E-state index is 13.1. The van der Waals surface area contributed by atoms with E-state index < -0.39 is 0 Å². The summed E-state index contributed by atoms with van der Waals surface area (Å²) in [5.74, 6) is 0.851. The third kappa shape index (κ3) is 3.34. The second-order valence-corrected chi connectivity index (χ2v) is 7.64. The maximum atomic E-state index is 13.1. The van der Waals surface area contributed by atoms with E-state index in [4.69, 9.17) is 9.47 Å². The maximum Gasteiger partial charge on any atom is 0.266 e. The van der Waals surface area contributed by atoms with Gasteiger partial charge < -0.3 is 20.1 Å². The van der Waals surface area contributed by atoms with Gasteiger partial charge in [0.1, 0.15) is 11.4 Å². The van der Waals surface area contributed by atoms with Crippen LogP contribution >= 0.6 is 11.3 Å². The summed E-state index contributed by atoms with van der Waals surface area (Å²) >= 11 is 1.34. The van der Waals surface area contributed by atoms with Crippen molar-refractivity contribution in [3.8, 4) is 5.88 Å². The molecule has 146 valence electrons. The Labute approximate surface area is 167 Å². The molecule has 1 aliphatic rings. The molecule has 4 rings (SSSR count). The Morgan fingerprint density at radius 3 is 2.96 bits per heavy atom. The van der Waals surface area contributed by atoms with E-state index in [1.807, 2.05) is 19.1 Å². The number of hydrogen-bond donors (Lipinski definition) is 2. The Balaban J connectivity index is 1.71. The molecule has 0 atom stereocenters.